The lowest BCUT2D eigenvalue weighted by atomic mass is 10.0. The minimum absolute atomic E-state index is 0.508. The molecule has 1 aromatic heterocycles. The Bertz CT molecular complexity index is 829. The number of nitrogens with zero attached hydrogens (tertiary/aromatic N) is 5. The van der Waals surface area contributed by atoms with Gasteiger partial charge in [0.25, 0.3) is 0 Å². The van der Waals surface area contributed by atoms with E-state index in [1.807, 2.05) is 30.1 Å². The van der Waals surface area contributed by atoms with Crippen molar-refractivity contribution in [1.82, 2.24) is 24.9 Å². The Morgan fingerprint density at radius 1 is 1.26 bits per heavy atom. The van der Waals surface area contributed by atoms with Crippen LogP contribution in [0.15, 0.2) is 41.7 Å². The normalized spacial score (nSPS) is 16.9. The van der Waals surface area contributed by atoms with Crippen molar-refractivity contribution < 1.29 is 4.74 Å². The van der Waals surface area contributed by atoms with Gasteiger partial charge in [0.1, 0.15) is 12.4 Å². The van der Waals surface area contributed by atoms with Crippen molar-refractivity contribution >= 4 is 5.96 Å². The van der Waals surface area contributed by atoms with Crippen molar-refractivity contribution in [3.63, 3.8) is 0 Å². The molecule has 1 aliphatic rings. The molecule has 31 heavy (non-hydrogen) atoms. The number of nitrogens with one attached hydrogen (secondary N) is 1. The monoisotopic (exact) mass is 426 g/mol. The van der Waals surface area contributed by atoms with Crippen LogP contribution in [0.4, 0.5) is 0 Å². The van der Waals surface area contributed by atoms with Crippen LogP contribution in [0.5, 0.6) is 5.75 Å². The van der Waals surface area contributed by atoms with Crippen molar-refractivity contribution in [3.8, 4) is 5.75 Å². The molecule has 3 rings (SSSR count). The minimum Gasteiger partial charge on any atom is -0.492 e. The van der Waals surface area contributed by atoms with Gasteiger partial charge in [-0.05, 0) is 38.1 Å². The maximum absolute atomic E-state index is 6.11. The zero-order valence-corrected chi connectivity index (χ0v) is 19.5. The van der Waals surface area contributed by atoms with Crippen molar-refractivity contribution in [2.45, 2.75) is 39.7 Å². The fourth-order valence-electron chi connectivity index (χ4n) is 4.06. The molecular formula is C24H38N6O. The highest BCUT2D eigenvalue weighted by atomic mass is 16.5. The molecular weight excluding hydrogens is 388 g/mol. The van der Waals surface area contributed by atoms with Gasteiger partial charge in [0, 0.05) is 50.9 Å². The number of likely N-dealkylation sites (tertiary alicyclic amines) is 1. The second kappa shape index (κ2) is 11.7. The molecule has 1 fully saturated rings. The number of aromatic nitrogens is 2. The Morgan fingerprint density at radius 3 is 2.77 bits per heavy atom. The number of aryl methyl sites for hydroxylation is 1. The molecule has 170 valence electrons. The standard InChI is InChI=1S/C24H38N6O/c1-5-25-24(30-13-12-21(19-30)22-17-27-28(4)18-22)26-16-20-10-8-9-11-23(20)31-15-14-29(6-2)7-3/h8-11,17-18,21H,5-7,12-16,19H2,1-4H3,(H,25,26). The summed E-state index contributed by atoms with van der Waals surface area (Å²) in [6.07, 6.45) is 5.25. The van der Waals surface area contributed by atoms with E-state index in [2.05, 4.69) is 59.3 Å². The van der Waals surface area contributed by atoms with Crippen LogP contribution >= 0.6 is 0 Å². The molecule has 0 radical (unpaired) electrons. The number of hydrogen-bond acceptors (Lipinski definition) is 4. The smallest absolute Gasteiger partial charge is 0.194 e. The van der Waals surface area contributed by atoms with Crippen molar-refractivity contribution in [3.05, 3.63) is 47.8 Å². The SMILES string of the molecule is CCNC(=NCc1ccccc1OCCN(CC)CC)N1CCC(c2cnn(C)c2)C1. The topological polar surface area (TPSA) is 57.9 Å². The van der Waals surface area contributed by atoms with Gasteiger partial charge in [-0.25, -0.2) is 4.99 Å². The Labute approximate surface area is 187 Å². The maximum atomic E-state index is 6.11. The fraction of sp³-hybridized carbons (Fsp3) is 0.583. The molecule has 7 heteroatoms. The van der Waals surface area contributed by atoms with Crippen LogP contribution in [0.2, 0.25) is 0 Å². The summed E-state index contributed by atoms with van der Waals surface area (Å²) in [6.45, 7) is 13.7. The summed E-state index contributed by atoms with van der Waals surface area (Å²) in [7, 11) is 1.98. The van der Waals surface area contributed by atoms with Crippen LogP contribution < -0.4 is 10.1 Å². The van der Waals surface area contributed by atoms with E-state index in [1.54, 1.807) is 0 Å². The van der Waals surface area contributed by atoms with Gasteiger partial charge in [-0.2, -0.15) is 5.10 Å². The van der Waals surface area contributed by atoms with Gasteiger partial charge in [-0.3, -0.25) is 4.68 Å². The third-order valence-electron chi connectivity index (χ3n) is 5.95. The van der Waals surface area contributed by atoms with Crippen LogP contribution in [0.25, 0.3) is 0 Å². The number of aliphatic imine (C=N–C) groups is 1. The minimum atomic E-state index is 0.508. The molecule has 0 spiro atoms. The Kier molecular flexibility index (Phi) is 8.76. The largest absolute Gasteiger partial charge is 0.492 e. The molecule has 0 aliphatic carbocycles. The summed E-state index contributed by atoms with van der Waals surface area (Å²) >= 11 is 0. The van der Waals surface area contributed by atoms with E-state index in [1.165, 1.54) is 5.56 Å². The zero-order chi connectivity index (χ0) is 22.1. The summed E-state index contributed by atoms with van der Waals surface area (Å²) in [4.78, 5) is 9.69. The number of para-hydroxylation sites is 1. The summed E-state index contributed by atoms with van der Waals surface area (Å²) in [5.41, 5.74) is 2.44. The quantitative estimate of drug-likeness (QED) is 0.467. The average molecular weight is 427 g/mol. The Balaban J connectivity index is 1.63. The number of ether oxygens (including phenoxy) is 1. The van der Waals surface area contributed by atoms with Crippen molar-refractivity contribution in [2.24, 2.45) is 12.0 Å². The molecule has 1 atom stereocenters. The van der Waals surface area contributed by atoms with Crippen LogP contribution in [0, 0.1) is 0 Å². The van der Waals surface area contributed by atoms with Gasteiger partial charge >= 0.3 is 0 Å². The summed E-state index contributed by atoms with van der Waals surface area (Å²) in [6, 6.07) is 8.25. The molecule has 0 bridgehead atoms. The Hall–Kier alpha value is -2.54. The van der Waals surface area contributed by atoms with E-state index in [-0.39, 0.29) is 0 Å². The summed E-state index contributed by atoms with van der Waals surface area (Å²) in [5, 5.41) is 7.81. The molecule has 2 heterocycles. The number of likely N-dealkylation sites (N-methyl/N-ethyl adjacent to an activating group) is 1. The zero-order valence-electron chi connectivity index (χ0n) is 19.5. The molecule has 7 nitrogen and oxygen atoms in total. The van der Waals surface area contributed by atoms with Crippen LogP contribution in [-0.4, -0.2) is 71.4 Å². The lowest BCUT2D eigenvalue weighted by molar-refractivity contribution is 0.221. The first-order valence-electron chi connectivity index (χ1n) is 11.6. The van der Waals surface area contributed by atoms with E-state index in [9.17, 15) is 0 Å². The molecule has 2 aromatic rings. The second-order valence-corrected chi connectivity index (χ2v) is 8.03. The van der Waals surface area contributed by atoms with Gasteiger partial charge in [-0.1, -0.05) is 32.0 Å². The van der Waals surface area contributed by atoms with Gasteiger partial charge in [0.15, 0.2) is 5.96 Å². The van der Waals surface area contributed by atoms with E-state index in [0.29, 0.717) is 19.1 Å². The first-order chi connectivity index (χ1) is 15.1. The van der Waals surface area contributed by atoms with E-state index in [0.717, 1.165) is 63.0 Å². The highest BCUT2D eigenvalue weighted by Crippen LogP contribution is 2.27. The molecule has 0 amide bonds. The number of hydrogen-bond donors (Lipinski definition) is 1. The van der Waals surface area contributed by atoms with Crippen LogP contribution in [-0.2, 0) is 13.6 Å². The van der Waals surface area contributed by atoms with Crippen molar-refractivity contribution in [1.29, 1.82) is 0 Å². The molecule has 1 aliphatic heterocycles. The van der Waals surface area contributed by atoms with E-state index < -0.39 is 0 Å². The van der Waals surface area contributed by atoms with Gasteiger partial charge < -0.3 is 19.9 Å². The lowest BCUT2D eigenvalue weighted by Gasteiger charge is -2.22. The number of guanidine groups is 1. The fourth-order valence-corrected chi connectivity index (χ4v) is 4.06. The maximum Gasteiger partial charge on any atom is 0.194 e. The Morgan fingerprint density at radius 2 is 2.06 bits per heavy atom. The predicted molar refractivity (Wildman–Crippen MR) is 127 cm³/mol. The van der Waals surface area contributed by atoms with E-state index >= 15 is 0 Å². The average Bonchev–Trinajstić information content (AvgIpc) is 3.44. The summed E-state index contributed by atoms with van der Waals surface area (Å²) in [5.74, 6) is 2.42. The number of benzene rings is 1. The molecule has 1 N–H and O–H groups in total. The van der Waals surface area contributed by atoms with Crippen molar-refractivity contribution in [2.75, 3.05) is 45.9 Å². The third-order valence-corrected chi connectivity index (χ3v) is 5.95. The highest BCUT2D eigenvalue weighted by molar-refractivity contribution is 5.80. The highest BCUT2D eigenvalue weighted by Gasteiger charge is 2.26. The number of rotatable bonds is 10. The molecule has 0 saturated carbocycles. The van der Waals surface area contributed by atoms with Gasteiger partial charge in [-0.15, -0.1) is 0 Å². The van der Waals surface area contributed by atoms with E-state index in [4.69, 9.17) is 9.73 Å². The molecule has 1 aromatic carbocycles. The predicted octanol–water partition coefficient (Wildman–Crippen LogP) is 3.10. The van der Waals surface area contributed by atoms with Gasteiger partial charge in [0.05, 0.1) is 12.7 Å². The third kappa shape index (κ3) is 6.47. The molecule has 1 unspecified atom stereocenters. The van der Waals surface area contributed by atoms with Gasteiger partial charge in [0.2, 0.25) is 0 Å². The van der Waals surface area contributed by atoms with Crippen LogP contribution in [0.1, 0.15) is 44.2 Å². The van der Waals surface area contributed by atoms with Crippen LogP contribution in [0.3, 0.4) is 0 Å². The summed E-state index contributed by atoms with van der Waals surface area (Å²) < 4.78 is 8.00. The molecule has 1 saturated heterocycles. The first kappa shape index (κ1) is 23.1. The first-order valence-corrected chi connectivity index (χ1v) is 11.6. The second-order valence-electron chi connectivity index (χ2n) is 8.03. The lowest BCUT2D eigenvalue weighted by Crippen LogP contribution is -2.40.